The Morgan fingerprint density at radius 2 is 1.44 bits per heavy atom. The molecule has 0 aliphatic carbocycles. The normalized spacial score (nSPS) is 19.2. The molecular formula is C20H33NO4. The zero-order valence-electron chi connectivity index (χ0n) is 16.1. The van der Waals surface area contributed by atoms with Gasteiger partial charge in [0.15, 0.2) is 0 Å². The molecule has 5 heteroatoms. The van der Waals surface area contributed by atoms with Gasteiger partial charge in [-0.05, 0) is 29.0 Å². The lowest BCUT2D eigenvalue weighted by atomic mass is 9.84. The first-order chi connectivity index (χ1) is 11.9. The molecule has 0 radical (unpaired) electrons. The van der Waals surface area contributed by atoms with E-state index in [0.29, 0.717) is 45.4 Å². The maximum absolute atomic E-state index is 10.4. The van der Waals surface area contributed by atoms with Gasteiger partial charge in [0.25, 0.3) is 0 Å². The fourth-order valence-electron chi connectivity index (χ4n) is 2.97. The fourth-order valence-corrected chi connectivity index (χ4v) is 2.97. The number of phenolic OH excluding ortho intramolecular Hbond substituents is 1. The van der Waals surface area contributed by atoms with Crippen molar-refractivity contribution in [3.8, 4) is 5.75 Å². The van der Waals surface area contributed by atoms with Crippen LogP contribution in [-0.2, 0) is 26.2 Å². The molecule has 0 saturated carbocycles. The minimum absolute atomic E-state index is 0.0844. The van der Waals surface area contributed by atoms with E-state index in [9.17, 15) is 5.11 Å². The van der Waals surface area contributed by atoms with E-state index in [1.165, 1.54) is 5.56 Å². The van der Waals surface area contributed by atoms with Crippen molar-refractivity contribution in [2.24, 2.45) is 0 Å². The van der Waals surface area contributed by atoms with Crippen LogP contribution >= 0.6 is 0 Å². The Morgan fingerprint density at radius 1 is 0.920 bits per heavy atom. The van der Waals surface area contributed by atoms with Gasteiger partial charge in [-0.2, -0.15) is 0 Å². The first kappa shape index (κ1) is 20.2. The smallest absolute Gasteiger partial charge is 0.122 e. The molecular weight excluding hydrogens is 318 g/mol. The second kappa shape index (κ2) is 9.53. The summed E-state index contributed by atoms with van der Waals surface area (Å²) in [5, 5.41) is 10.4. The first-order valence-corrected chi connectivity index (χ1v) is 9.16. The zero-order valence-corrected chi connectivity index (χ0v) is 16.1. The highest BCUT2D eigenvalue weighted by atomic mass is 16.5. The highest BCUT2D eigenvalue weighted by Gasteiger charge is 2.20. The summed E-state index contributed by atoms with van der Waals surface area (Å²) in [6.45, 7) is 14.8. The number of aromatic hydroxyl groups is 1. The number of hydrogen-bond acceptors (Lipinski definition) is 5. The number of aryl methyl sites for hydroxylation is 1. The largest absolute Gasteiger partial charge is 0.507 e. The molecule has 1 aliphatic rings. The third-order valence-electron chi connectivity index (χ3n) is 4.42. The van der Waals surface area contributed by atoms with Crippen molar-refractivity contribution in [2.45, 2.75) is 39.7 Å². The molecule has 2 rings (SSSR count). The molecule has 1 heterocycles. The Labute approximate surface area is 151 Å². The van der Waals surface area contributed by atoms with Gasteiger partial charge in [0.2, 0.25) is 0 Å². The van der Waals surface area contributed by atoms with Crippen molar-refractivity contribution in [3.05, 3.63) is 28.8 Å². The van der Waals surface area contributed by atoms with E-state index in [4.69, 9.17) is 14.2 Å². The van der Waals surface area contributed by atoms with Crippen LogP contribution in [0.3, 0.4) is 0 Å². The number of ether oxygens (including phenoxy) is 3. The van der Waals surface area contributed by atoms with Crippen molar-refractivity contribution in [3.63, 3.8) is 0 Å². The minimum Gasteiger partial charge on any atom is -0.507 e. The van der Waals surface area contributed by atoms with Gasteiger partial charge in [0.1, 0.15) is 5.75 Å². The van der Waals surface area contributed by atoms with E-state index < -0.39 is 0 Å². The molecule has 0 amide bonds. The van der Waals surface area contributed by atoms with E-state index in [0.717, 1.165) is 30.8 Å². The second-order valence-corrected chi connectivity index (χ2v) is 7.67. The highest BCUT2D eigenvalue weighted by molar-refractivity contribution is 5.46. The van der Waals surface area contributed by atoms with Crippen LogP contribution in [0.5, 0.6) is 5.75 Å². The predicted octanol–water partition coefficient (Wildman–Crippen LogP) is 2.86. The number of hydrogen-bond donors (Lipinski definition) is 1. The Balaban J connectivity index is 2.07. The zero-order chi connectivity index (χ0) is 18.3. The molecule has 1 aromatic carbocycles. The van der Waals surface area contributed by atoms with Crippen LogP contribution < -0.4 is 0 Å². The van der Waals surface area contributed by atoms with Crippen LogP contribution in [0, 0.1) is 6.92 Å². The number of nitrogens with zero attached hydrogens (tertiary/aromatic N) is 1. The Bertz CT molecular complexity index is 527. The number of phenols is 1. The van der Waals surface area contributed by atoms with E-state index in [-0.39, 0.29) is 5.41 Å². The lowest BCUT2D eigenvalue weighted by molar-refractivity contribution is -0.00689. The molecule has 1 N–H and O–H groups in total. The maximum Gasteiger partial charge on any atom is 0.122 e. The van der Waals surface area contributed by atoms with Crippen LogP contribution in [0.25, 0.3) is 0 Å². The highest BCUT2D eigenvalue weighted by Crippen LogP contribution is 2.34. The van der Waals surface area contributed by atoms with E-state index >= 15 is 0 Å². The summed E-state index contributed by atoms with van der Waals surface area (Å²) in [5.41, 5.74) is 3.07. The Kier molecular flexibility index (Phi) is 7.69. The summed E-state index contributed by atoms with van der Waals surface area (Å²) in [7, 11) is 0. The first-order valence-electron chi connectivity index (χ1n) is 9.16. The van der Waals surface area contributed by atoms with E-state index in [1.54, 1.807) is 0 Å². The molecule has 0 aromatic heterocycles. The molecule has 5 nitrogen and oxygen atoms in total. The van der Waals surface area contributed by atoms with Gasteiger partial charge in [0.05, 0.1) is 39.6 Å². The van der Waals surface area contributed by atoms with Gasteiger partial charge in [-0.15, -0.1) is 0 Å². The SMILES string of the molecule is Cc1cc(CN2CCOCCOCCOCC2)cc(C(C)(C)C)c1O. The Morgan fingerprint density at radius 3 is 1.96 bits per heavy atom. The average molecular weight is 351 g/mol. The number of benzene rings is 1. The third-order valence-corrected chi connectivity index (χ3v) is 4.42. The maximum atomic E-state index is 10.4. The third kappa shape index (κ3) is 6.59. The van der Waals surface area contributed by atoms with Gasteiger partial charge >= 0.3 is 0 Å². The lowest BCUT2D eigenvalue weighted by Crippen LogP contribution is -2.32. The molecule has 1 saturated heterocycles. The molecule has 1 aromatic rings. The lowest BCUT2D eigenvalue weighted by Gasteiger charge is -2.26. The van der Waals surface area contributed by atoms with Gasteiger partial charge in [0, 0.05) is 19.6 Å². The van der Waals surface area contributed by atoms with Crippen LogP contribution in [0.2, 0.25) is 0 Å². The minimum atomic E-state index is -0.0844. The van der Waals surface area contributed by atoms with Crippen molar-refractivity contribution in [2.75, 3.05) is 52.7 Å². The molecule has 142 valence electrons. The van der Waals surface area contributed by atoms with E-state index in [1.807, 2.05) is 6.92 Å². The number of rotatable bonds is 2. The summed E-state index contributed by atoms with van der Waals surface area (Å²) >= 11 is 0. The molecule has 25 heavy (non-hydrogen) atoms. The molecule has 0 spiro atoms. The van der Waals surface area contributed by atoms with Gasteiger partial charge < -0.3 is 19.3 Å². The van der Waals surface area contributed by atoms with Crippen molar-refractivity contribution >= 4 is 0 Å². The van der Waals surface area contributed by atoms with Gasteiger partial charge in [-0.1, -0.05) is 32.9 Å². The van der Waals surface area contributed by atoms with Crippen LogP contribution in [0.4, 0.5) is 0 Å². The monoisotopic (exact) mass is 351 g/mol. The molecule has 0 unspecified atom stereocenters. The second-order valence-electron chi connectivity index (χ2n) is 7.67. The van der Waals surface area contributed by atoms with Crippen LogP contribution in [0.1, 0.15) is 37.5 Å². The summed E-state index contributed by atoms with van der Waals surface area (Å²) in [6, 6.07) is 4.21. The summed E-state index contributed by atoms with van der Waals surface area (Å²) in [5.74, 6) is 0.414. The molecule has 1 fully saturated rings. The van der Waals surface area contributed by atoms with Crippen LogP contribution in [-0.4, -0.2) is 62.7 Å². The molecule has 1 aliphatic heterocycles. The summed E-state index contributed by atoms with van der Waals surface area (Å²) in [4.78, 5) is 2.35. The van der Waals surface area contributed by atoms with Gasteiger partial charge in [-0.3, -0.25) is 4.90 Å². The fraction of sp³-hybridized carbons (Fsp3) is 0.700. The predicted molar refractivity (Wildman–Crippen MR) is 99.3 cm³/mol. The van der Waals surface area contributed by atoms with Gasteiger partial charge in [-0.25, -0.2) is 0 Å². The quantitative estimate of drug-likeness (QED) is 0.888. The summed E-state index contributed by atoms with van der Waals surface area (Å²) in [6.07, 6.45) is 0. The van der Waals surface area contributed by atoms with Crippen molar-refractivity contribution in [1.82, 2.24) is 4.90 Å². The molecule has 0 bridgehead atoms. The van der Waals surface area contributed by atoms with Crippen molar-refractivity contribution in [1.29, 1.82) is 0 Å². The Hall–Kier alpha value is -1.14. The van der Waals surface area contributed by atoms with Crippen molar-refractivity contribution < 1.29 is 19.3 Å². The average Bonchev–Trinajstić information content (AvgIpc) is 2.52. The molecule has 0 atom stereocenters. The van der Waals surface area contributed by atoms with E-state index in [2.05, 4.69) is 37.8 Å². The van der Waals surface area contributed by atoms with Crippen LogP contribution in [0.15, 0.2) is 12.1 Å². The topological polar surface area (TPSA) is 51.2 Å². The standard InChI is InChI=1S/C20H33NO4/c1-16-13-17(14-18(19(16)22)20(2,3)4)15-21-5-7-23-9-11-25-12-10-24-8-6-21/h13-14,22H,5-12,15H2,1-4H3. The summed E-state index contributed by atoms with van der Waals surface area (Å²) < 4.78 is 16.7.